The SMILES string of the molecule is CN1CCC(Oc2cccc(CON)c2)CC1. The maximum absolute atomic E-state index is 5.97. The molecule has 0 atom stereocenters. The highest BCUT2D eigenvalue weighted by molar-refractivity contribution is 5.28. The fourth-order valence-electron chi connectivity index (χ4n) is 2.10. The number of nitrogens with zero attached hydrogens (tertiary/aromatic N) is 1. The van der Waals surface area contributed by atoms with Gasteiger partial charge in [0.2, 0.25) is 0 Å². The molecule has 1 aromatic carbocycles. The molecule has 1 fully saturated rings. The van der Waals surface area contributed by atoms with Gasteiger partial charge in [0.1, 0.15) is 11.9 Å². The molecule has 1 aliphatic heterocycles. The van der Waals surface area contributed by atoms with Gasteiger partial charge in [0, 0.05) is 13.1 Å². The molecule has 17 heavy (non-hydrogen) atoms. The Kier molecular flexibility index (Phi) is 4.36. The minimum Gasteiger partial charge on any atom is -0.490 e. The van der Waals surface area contributed by atoms with Gasteiger partial charge in [-0.3, -0.25) is 4.84 Å². The second kappa shape index (κ2) is 6.00. The van der Waals surface area contributed by atoms with E-state index in [-0.39, 0.29) is 0 Å². The largest absolute Gasteiger partial charge is 0.490 e. The molecule has 1 aliphatic rings. The van der Waals surface area contributed by atoms with Gasteiger partial charge >= 0.3 is 0 Å². The summed E-state index contributed by atoms with van der Waals surface area (Å²) in [6, 6.07) is 7.93. The summed E-state index contributed by atoms with van der Waals surface area (Å²) in [4.78, 5) is 6.96. The Morgan fingerprint density at radius 3 is 2.82 bits per heavy atom. The zero-order chi connectivity index (χ0) is 12.1. The van der Waals surface area contributed by atoms with Gasteiger partial charge < -0.3 is 9.64 Å². The van der Waals surface area contributed by atoms with Crippen LogP contribution in [0.15, 0.2) is 24.3 Å². The van der Waals surface area contributed by atoms with Crippen LogP contribution in [0.5, 0.6) is 5.75 Å². The van der Waals surface area contributed by atoms with E-state index in [1.807, 2.05) is 24.3 Å². The van der Waals surface area contributed by atoms with E-state index in [0.29, 0.717) is 12.7 Å². The molecule has 0 aliphatic carbocycles. The molecule has 0 unspecified atom stereocenters. The van der Waals surface area contributed by atoms with Crippen molar-refractivity contribution in [3.05, 3.63) is 29.8 Å². The lowest BCUT2D eigenvalue weighted by molar-refractivity contribution is 0.112. The lowest BCUT2D eigenvalue weighted by atomic mass is 10.1. The van der Waals surface area contributed by atoms with Crippen molar-refractivity contribution in [3.8, 4) is 5.75 Å². The number of benzene rings is 1. The normalized spacial score (nSPS) is 18.2. The first kappa shape index (κ1) is 12.4. The van der Waals surface area contributed by atoms with E-state index in [4.69, 9.17) is 10.6 Å². The van der Waals surface area contributed by atoms with Crippen LogP contribution in [0, 0.1) is 0 Å². The molecule has 2 rings (SSSR count). The van der Waals surface area contributed by atoms with Crippen molar-refractivity contribution < 1.29 is 9.57 Å². The fraction of sp³-hybridized carbons (Fsp3) is 0.538. The highest BCUT2D eigenvalue weighted by Crippen LogP contribution is 2.19. The molecular formula is C13H20N2O2. The van der Waals surface area contributed by atoms with Crippen molar-refractivity contribution >= 4 is 0 Å². The average Bonchev–Trinajstić information content (AvgIpc) is 2.33. The van der Waals surface area contributed by atoms with Crippen LogP contribution >= 0.6 is 0 Å². The third kappa shape index (κ3) is 3.70. The van der Waals surface area contributed by atoms with E-state index in [9.17, 15) is 0 Å². The second-order valence-electron chi connectivity index (χ2n) is 4.58. The molecule has 0 spiro atoms. The summed E-state index contributed by atoms with van der Waals surface area (Å²) in [5.41, 5.74) is 1.04. The standard InChI is InChI=1S/C13H20N2O2/c1-15-7-5-12(6-8-15)17-13-4-2-3-11(9-13)10-16-14/h2-4,9,12H,5-8,10,14H2,1H3. The number of rotatable bonds is 4. The van der Waals surface area contributed by atoms with E-state index >= 15 is 0 Å². The van der Waals surface area contributed by atoms with Gasteiger partial charge in [-0.25, -0.2) is 5.90 Å². The smallest absolute Gasteiger partial charge is 0.120 e. The number of piperidine rings is 1. The number of hydrogen-bond donors (Lipinski definition) is 1. The summed E-state index contributed by atoms with van der Waals surface area (Å²) in [5.74, 6) is 5.98. The highest BCUT2D eigenvalue weighted by atomic mass is 16.6. The Hall–Kier alpha value is -1.10. The van der Waals surface area contributed by atoms with Crippen molar-refractivity contribution in [1.82, 2.24) is 4.90 Å². The zero-order valence-corrected chi connectivity index (χ0v) is 10.3. The van der Waals surface area contributed by atoms with Crippen molar-refractivity contribution in [2.45, 2.75) is 25.6 Å². The van der Waals surface area contributed by atoms with Crippen molar-refractivity contribution in [3.63, 3.8) is 0 Å². The Bertz CT molecular complexity index is 349. The Balaban J connectivity index is 1.91. The minimum absolute atomic E-state index is 0.334. The molecule has 1 heterocycles. The van der Waals surface area contributed by atoms with Crippen LogP contribution in [0.2, 0.25) is 0 Å². The van der Waals surface area contributed by atoms with E-state index < -0.39 is 0 Å². The first-order valence-electron chi connectivity index (χ1n) is 6.04. The molecular weight excluding hydrogens is 216 g/mol. The van der Waals surface area contributed by atoms with Gasteiger partial charge in [-0.15, -0.1) is 0 Å². The summed E-state index contributed by atoms with van der Waals surface area (Å²) in [7, 11) is 2.15. The first-order valence-corrected chi connectivity index (χ1v) is 6.04. The quantitative estimate of drug-likeness (QED) is 0.806. The van der Waals surface area contributed by atoms with Crippen LogP contribution in [0.3, 0.4) is 0 Å². The Labute approximate surface area is 102 Å². The van der Waals surface area contributed by atoms with Gasteiger partial charge in [-0.05, 0) is 37.6 Å². The first-order chi connectivity index (χ1) is 8.28. The highest BCUT2D eigenvalue weighted by Gasteiger charge is 2.17. The summed E-state index contributed by atoms with van der Waals surface area (Å²) >= 11 is 0. The summed E-state index contributed by atoms with van der Waals surface area (Å²) < 4.78 is 5.97. The second-order valence-corrected chi connectivity index (χ2v) is 4.58. The van der Waals surface area contributed by atoms with Gasteiger partial charge in [0.15, 0.2) is 0 Å². The maximum Gasteiger partial charge on any atom is 0.120 e. The van der Waals surface area contributed by atoms with Gasteiger partial charge in [0.25, 0.3) is 0 Å². The molecule has 0 aromatic heterocycles. The van der Waals surface area contributed by atoms with E-state index in [2.05, 4.69) is 16.8 Å². The van der Waals surface area contributed by atoms with Gasteiger partial charge in [0.05, 0.1) is 6.61 Å². The molecule has 0 bridgehead atoms. The lowest BCUT2D eigenvalue weighted by Gasteiger charge is -2.29. The number of ether oxygens (including phenoxy) is 1. The number of nitrogens with two attached hydrogens (primary N) is 1. The van der Waals surface area contributed by atoms with E-state index in [1.165, 1.54) is 0 Å². The molecule has 1 aromatic rings. The van der Waals surface area contributed by atoms with Crippen LogP contribution in [-0.4, -0.2) is 31.1 Å². The Morgan fingerprint density at radius 2 is 2.12 bits per heavy atom. The molecule has 0 radical (unpaired) electrons. The molecule has 4 nitrogen and oxygen atoms in total. The van der Waals surface area contributed by atoms with E-state index in [1.54, 1.807) is 0 Å². The molecule has 2 N–H and O–H groups in total. The lowest BCUT2D eigenvalue weighted by Crippen LogP contribution is -2.35. The predicted octanol–water partition coefficient (Wildman–Crippen LogP) is 1.55. The van der Waals surface area contributed by atoms with Crippen LogP contribution < -0.4 is 10.6 Å². The topological polar surface area (TPSA) is 47.7 Å². The van der Waals surface area contributed by atoms with Crippen molar-refractivity contribution in [1.29, 1.82) is 0 Å². The monoisotopic (exact) mass is 236 g/mol. The predicted molar refractivity (Wildman–Crippen MR) is 66.6 cm³/mol. The summed E-state index contributed by atoms with van der Waals surface area (Å²) in [6.07, 6.45) is 2.52. The zero-order valence-electron chi connectivity index (χ0n) is 10.3. The third-order valence-corrected chi connectivity index (χ3v) is 3.12. The maximum atomic E-state index is 5.97. The average molecular weight is 236 g/mol. The number of hydrogen-bond acceptors (Lipinski definition) is 4. The van der Waals surface area contributed by atoms with Gasteiger partial charge in [-0.2, -0.15) is 0 Å². The molecule has 0 amide bonds. The molecule has 94 valence electrons. The molecule has 1 saturated heterocycles. The van der Waals surface area contributed by atoms with Crippen molar-refractivity contribution in [2.24, 2.45) is 5.90 Å². The third-order valence-electron chi connectivity index (χ3n) is 3.12. The van der Waals surface area contributed by atoms with Crippen LogP contribution in [-0.2, 0) is 11.4 Å². The van der Waals surface area contributed by atoms with Crippen LogP contribution in [0.25, 0.3) is 0 Å². The van der Waals surface area contributed by atoms with Crippen LogP contribution in [0.4, 0.5) is 0 Å². The molecule has 4 heteroatoms. The fourth-order valence-corrected chi connectivity index (χ4v) is 2.10. The number of likely N-dealkylation sites (tertiary alicyclic amines) is 1. The Morgan fingerprint density at radius 1 is 1.35 bits per heavy atom. The minimum atomic E-state index is 0.334. The summed E-state index contributed by atoms with van der Waals surface area (Å²) in [6.45, 7) is 2.64. The van der Waals surface area contributed by atoms with Crippen molar-refractivity contribution in [2.75, 3.05) is 20.1 Å². The van der Waals surface area contributed by atoms with Gasteiger partial charge in [-0.1, -0.05) is 12.1 Å². The van der Waals surface area contributed by atoms with E-state index in [0.717, 1.165) is 37.2 Å². The molecule has 0 saturated carbocycles. The van der Waals surface area contributed by atoms with Crippen LogP contribution in [0.1, 0.15) is 18.4 Å². The summed E-state index contributed by atoms with van der Waals surface area (Å²) in [5, 5.41) is 0.